The zero-order chi connectivity index (χ0) is 24.6. The number of para-hydroxylation sites is 1. The summed E-state index contributed by atoms with van der Waals surface area (Å²) in [4.78, 5) is 37.2. The summed E-state index contributed by atoms with van der Waals surface area (Å²) in [5, 5.41) is 6.75. The van der Waals surface area contributed by atoms with Crippen LogP contribution in [0.25, 0.3) is 0 Å². The molecule has 0 aliphatic carbocycles. The molecule has 0 aliphatic heterocycles. The monoisotopic (exact) mass is 467 g/mol. The van der Waals surface area contributed by atoms with Gasteiger partial charge in [0.25, 0.3) is 11.8 Å². The Morgan fingerprint density at radius 1 is 0.857 bits per heavy atom. The maximum atomic E-state index is 12.6. The lowest BCUT2D eigenvalue weighted by Crippen LogP contribution is -2.18. The first kappa shape index (κ1) is 23.2. The second-order valence-electron chi connectivity index (χ2n) is 7.50. The van der Waals surface area contributed by atoms with E-state index < -0.39 is 11.9 Å². The lowest BCUT2D eigenvalue weighted by atomic mass is 10.1. The van der Waals surface area contributed by atoms with E-state index in [0.29, 0.717) is 22.4 Å². The maximum Gasteiger partial charge on any atom is 0.379 e. The van der Waals surface area contributed by atoms with Crippen molar-refractivity contribution in [2.45, 2.75) is 6.92 Å². The average molecular weight is 467 g/mol. The molecule has 1 heterocycles. The number of aryl methyl sites for hydroxylation is 1. The molecule has 8 heteroatoms. The van der Waals surface area contributed by atoms with Crippen LogP contribution in [0, 0.1) is 6.92 Å². The molecular weight excluding hydrogens is 446 g/mol. The van der Waals surface area contributed by atoms with Gasteiger partial charge in [-0.3, -0.25) is 9.59 Å². The molecule has 0 fully saturated rings. The number of hydrazone groups is 1. The summed E-state index contributed by atoms with van der Waals surface area (Å²) in [6.07, 6.45) is 2.74. The quantitative estimate of drug-likeness (QED) is 0.175. The summed E-state index contributed by atoms with van der Waals surface area (Å²) in [6, 6.07) is 23.5. The van der Waals surface area contributed by atoms with Gasteiger partial charge < -0.3 is 14.5 Å². The summed E-state index contributed by atoms with van der Waals surface area (Å²) in [6.45, 7) is 1.94. The first-order chi connectivity index (χ1) is 17.0. The Balaban J connectivity index is 1.39. The number of carbonyl (C=O) groups excluding carboxylic acids is 3. The number of hydrogen-bond donors (Lipinski definition) is 2. The Morgan fingerprint density at radius 2 is 1.66 bits per heavy atom. The van der Waals surface area contributed by atoms with Crippen LogP contribution in [-0.2, 0) is 0 Å². The molecule has 0 aliphatic rings. The topological polar surface area (TPSA) is 110 Å². The fraction of sp³-hybridized carbons (Fsp3) is 0.0370. The molecule has 0 atom stereocenters. The fourth-order valence-corrected chi connectivity index (χ4v) is 3.10. The van der Waals surface area contributed by atoms with Gasteiger partial charge in [0, 0.05) is 22.4 Å². The minimum absolute atomic E-state index is 0.0689. The number of carbonyl (C=O) groups is 3. The van der Waals surface area contributed by atoms with E-state index in [4.69, 9.17) is 9.15 Å². The molecule has 8 nitrogen and oxygen atoms in total. The molecule has 4 aromatic rings. The molecular formula is C27H21N3O5. The van der Waals surface area contributed by atoms with Crippen molar-refractivity contribution in [2.75, 3.05) is 5.32 Å². The normalized spacial score (nSPS) is 10.7. The number of esters is 1. The van der Waals surface area contributed by atoms with E-state index in [9.17, 15) is 14.4 Å². The summed E-state index contributed by atoms with van der Waals surface area (Å²) < 4.78 is 10.4. The lowest BCUT2D eigenvalue weighted by Gasteiger charge is -2.08. The van der Waals surface area contributed by atoms with Gasteiger partial charge in [-0.1, -0.05) is 35.9 Å². The van der Waals surface area contributed by atoms with Crippen molar-refractivity contribution in [2.24, 2.45) is 5.10 Å². The highest BCUT2D eigenvalue weighted by molar-refractivity contribution is 6.05. The van der Waals surface area contributed by atoms with E-state index >= 15 is 0 Å². The fourth-order valence-electron chi connectivity index (χ4n) is 3.10. The first-order valence-electron chi connectivity index (χ1n) is 10.7. The third-order valence-corrected chi connectivity index (χ3v) is 4.91. The Morgan fingerprint density at radius 3 is 2.43 bits per heavy atom. The average Bonchev–Trinajstić information content (AvgIpc) is 3.41. The van der Waals surface area contributed by atoms with Gasteiger partial charge in [0.1, 0.15) is 5.75 Å². The molecule has 35 heavy (non-hydrogen) atoms. The van der Waals surface area contributed by atoms with Crippen molar-refractivity contribution in [3.05, 3.63) is 119 Å². The van der Waals surface area contributed by atoms with Crippen LogP contribution in [0.4, 0.5) is 5.69 Å². The molecule has 0 saturated carbocycles. The summed E-state index contributed by atoms with van der Waals surface area (Å²) in [5.74, 6) is -1.07. The molecule has 4 rings (SSSR count). The molecule has 3 aromatic carbocycles. The number of amides is 2. The van der Waals surface area contributed by atoms with Gasteiger partial charge in [-0.05, 0) is 61.5 Å². The van der Waals surface area contributed by atoms with Crippen molar-refractivity contribution in [1.82, 2.24) is 5.43 Å². The number of ether oxygens (including phenoxy) is 1. The molecule has 0 unspecified atom stereocenters. The Hall–Kier alpha value is -4.98. The Kier molecular flexibility index (Phi) is 7.13. The summed E-state index contributed by atoms with van der Waals surface area (Å²) >= 11 is 0. The van der Waals surface area contributed by atoms with Crippen molar-refractivity contribution in [3.63, 3.8) is 0 Å². The zero-order valence-electron chi connectivity index (χ0n) is 18.7. The number of benzene rings is 3. The van der Waals surface area contributed by atoms with Crippen molar-refractivity contribution < 1.29 is 23.5 Å². The highest BCUT2D eigenvalue weighted by Crippen LogP contribution is 2.18. The molecule has 2 N–H and O–H groups in total. The van der Waals surface area contributed by atoms with Gasteiger partial charge in [0.2, 0.25) is 5.76 Å². The predicted molar refractivity (Wildman–Crippen MR) is 131 cm³/mol. The van der Waals surface area contributed by atoms with E-state index in [1.54, 1.807) is 66.7 Å². The van der Waals surface area contributed by atoms with Gasteiger partial charge >= 0.3 is 5.97 Å². The van der Waals surface area contributed by atoms with Crippen LogP contribution < -0.4 is 15.5 Å². The number of hydrogen-bond acceptors (Lipinski definition) is 6. The highest BCUT2D eigenvalue weighted by atomic mass is 16.5. The second kappa shape index (κ2) is 10.8. The van der Waals surface area contributed by atoms with Gasteiger partial charge in [-0.25, -0.2) is 10.2 Å². The standard InChI is InChI=1S/C27H21N3O5/c1-18-11-13-19(14-12-18)25(31)29-22-8-4-7-20(16-22)26(32)30-28-17-21-6-2-3-9-23(21)35-27(33)24-10-5-15-34-24/h2-17H,1H3,(H,29,31)(H,30,32). The van der Waals surface area contributed by atoms with Crippen molar-refractivity contribution >= 4 is 29.7 Å². The number of furan rings is 1. The zero-order valence-corrected chi connectivity index (χ0v) is 18.7. The molecule has 0 spiro atoms. The number of nitrogens with zero attached hydrogens (tertiary/aromatic N) is 1. The van der Waals surface area contributed by atoms with Gasteiger partial charge in [-0.2, -0.15) is 5.10 Å². The third-order valence-electron chi connectivity index (χ3n) is 4.91. The number of rotatable bonds is 7. The van der Waals surface area contributed by atoms with Crippen LogP contribution >= 0.6 is 0 Å². The van der Waals surface area contributed by atoms with Crippen LogP contribution in [0.15, 0.2) is 101 Å². The maximum absolute atomic E-state index is 12.6. The van der Waals surface area contributed by atoms with Crippen molar-refractivity contribution in [3.8, 4) is 5.75 Å². The molecule has 1 aromatic heterocycles. The van der Waals surface area contributed by atoms with E-state index in [1.165, 1.54) is 18.5 Å². The van der Waals surface area contributed by atoms with Gasteiger partial charge in [0.15, 0.2) is 0 Å². The minimum atomic E-state index is -0.649. The van der Waals surface area contributed by atoms with Crippen LogP contribution in [0.5, 0.6) is 5.75 Å². The smallest absolute Gasteiger partial charge is 0.379 e. The molecule has 0 saturated heterocycles. The Labute approximate surface area is 201 Å². The van der Waals surface area contributed by atoms with Crippen molar-refractivity contribution in [1.29, 1.82) is 0 Å². The first-order valence-corrected chi connectivity index (χ1v) is 10.7. The molecule has 2 amide bonds. The summed E-state index contributed by atoms with van der Waals surface area (Å²) in [5.41, 5.74) is 5.26. The lowest BCUT2D eigenvalue weighted by molar-refractivity contribution is 0.0700. The van der Waals surface area contributed by atoms with E-state index in [0.717, 1.165) is 5.56 Å². The predicted octanol–water partition coefficient (Wildman–Crippen LogP) is 4.82. The van der Waals surface area contributed by atoms with E-state index in [-0.39, 0.29) is 17.4 Å². The minimum Gasteiger partial charge on any atom is -0.457 e. The SMILES string of the molecule is Cc1ccc(C(=O)Nc2cccc(C(=O)NN=Cc3ccccc3OC(=O)c3ccco3)c2)cc1. The van der Waals surface area contributed by atoms with Crippen LogP contribution in [0.1, 0.15) is 42.4 Å². The largest absolute Gasteiger partial charge is 0.457 e. The highest BCUT2D eigenvalue weighted by Gasteiger charge is 2.13. The van der Waals surface area contributed by atoms with Gasteiger partial charge in [0.05, 0.1) is 12.5 Å². The van der Waals surface area contributed by atoms with Gasteiger partial charge in [-0.15, -0.1) is 0 Å². The second-order valence-corrected chi connectivity index (χ2v) is 7.50. The van der Waals surface area contributed by atoms with Crippen LogP contribution in [0.2, 0.25) is 0 Å². The summed E-state index contributed by atoms with van der Waals surface area (Å²) in [7, 11) is 0. The third kappa shape index (κ3) is 6.08. The van der Waals surface area contributed by atoms with E-state index in [1.807, 2.05) is 19.1 Å². The number of anilines is 1. The van der Waals surface area contributed by atoms with E-state index in [2.05, 4.69) is 15.8 Å². The number of nitrogens with one attached hydrogen (secondary N) is 2. The Bertz CT molecular complexity index is 1380. The molecule has 0 radical (unpaired) electrons. The molecule has 0 bridgehead atoms. The van der Waals surface area contributed by atoms with Crippen LogP contribution in [-0.4, -0.2) is 24.0 Å². The molecule has 174 valence electrons. The van der Waals surface area contributed by atoms with Crippen LogP contribution in [0.3, 0.4) is 0 Å².